The second-order valence-electron chi connectivity index (χ2n) is 4.94. The predicted molar refractivity (Wildman–Crippen MR) is 108 cm³/mol. The fourth-order valence-corrected chi connectivity index (χ4v) is 2.48. The van der Waals surface area contributed by atoms with Crippen molar-refractivity contribution in [3.63, 3.8) is 0 Å². The highest BCUT2D eigenvalue weighted by Crippen LogP contribution is 2.34. The van der Waals surface area contributed by atoms with Crippen molar-refractivity contribution in [2.75, 3.05) is 18.5 Å². The molecule has 2 aromatic carbocycles. The Kier molecular flexibility index (Phi) is 7.32. The first-order valence-corrected chi connectivity index (χ1v) is 8.92. The normalized spacial score (nSPS) is 10.7. The summed E-state index contributed by atoms with van der Waals surface area (Å²) in [6, 6.07) is 10.8. The Balaban J connectivity index is 1.89. The summed E-state index contributed by atoms with van der Waals surface area (Å²) < 4.78 is 6.41. The van der Waals surface area contributed by atoms with Crippen LogP contribution in [0.5, 0.6) is 11.5 Å². The number of carbonyl (C=O) groups is 1. The van der Waals surface area contributed by atoms with Gasteiger partial charge in [0.2, 0.25) is 0 Å². The fourth-order valence-electron chi connectivity index (χ4n) is 1.90. The molecule has 0 unspecified atom stereocenters. The number of aromatic hydroxyl groups is 1. The van der Waals surface area contributed by atoms with Gasteiger partial charge in [-0.25, -0.2) is 5.43 Å². The maximum atomic E-state index is 11.8. The van der Waals surface area contributed by atoms with Crippen molar-refractivity contribution < 1.29 is 14.6 Å². The van der Waals surface area contributed by atoms with Gasteiger partial charge in [0.15, 0.2) is 11.5 Å². The molecule has 0 aliphatic carbocycles. The summed E-state index contributed by atoms with van der Waals surface area (Å²) >= 11 is 8.15. The summed E-state index contributed by atoms with van der Waals surface area (Å²) in [7, 11) is 0. The van der Waals surface area contributed by atoms with Gasteiger partial charge in [0.05, 0.1) is 24.4 Å². The van der Waals surface area contributed by atoms with Crippen molar-refractivity contribution >= 4 is 52.0 Å². The number of hydrogen-bond donors (Lipinski definition) is 3. The number of phenolic OH excluding ortho intramolecular Hbond substituents is 1. The van der Waals surface area contributed by atoms with Crippen LogP contribution in [-0.4, -0.2) is 30.4 Å². The van der Waals surface area contributed by atoms with E-state index in [1.54, 1.807) is 13.0 Å². The van der Waals surface area contributed by atoms with Gasteiger partial charge in [-0.2, -0.15) is 5.10 Å². The highest BCUT2D eigenvalue weighted by molar-refractivity contribution is 14.1. The van der Waals surface area contributed by atoms with Gasteiger partial charge in [-0.15, -0.1) is 0 Å². The van der Waals surface area contributed by atoms with Gasteiger partial charge < -0.3 is 15.2 Å². The monoisotopic (exact) mass is 473 g/mol. The number of halogens is 2. The lowest BCUT2D eigenvalue weighted by molar-refractivity contribution is -0.119. The maximum Gasteiger partial charge on any atom is 0.259 e. The van der Waals surface area contributed by atoms with Crippen LogP contribution in [0.2, 0.25) is 5.02 Å². The summed E-state index contributed by atoms with van der Waals surface area (Å²) in [4.78, 5) is 11.8. The smallest absolute Gasteiger partial charge is 0.259 e. The minimum absolute atomic E-state index is 0.0957. The van der Waals surface area contributed by atoms with E-state index in [0.29, 0.717) is 12.2 Å². The lowest BCUT2D eigenvalue weighted by Crippen LogP contribution is -2.25. The molecular formula is C17H17ClIN3O3. The molecule has 0 saturated carbocycles. The van der Waals surface area contributed by atoms with Crippen molar-refractivity contribution in [1.29, 1.82) is 0 Å². The van der Waals surface area contributed by atoms with Gasteiger partial charge in [0.25, 0.3) is 5.91 Å². The van der Waals surface area contributed by atoms with E-state index in [4.69, 9.17) is 16.3 Å². The molecule has 0 aliphatic heterocycles. The summed E-state index contributed by atoms with van der Waals surface area (Å²) in [5.41, 5.74) is 3.87. The number of nitrogens with one attached hydrogen (secondary N) is 2. The van der Waals surface area contributed by atoms with Crippen LogP contribution in [0.1, 0.15) is 12.5 Å². The molecule has 0 heterocycles. The first-order valence-electron chi connectivity index (χ1n) is 7.46. The molecule has 8 heteroatoms. The molecule has 2 rings (SSSR count). The van der Waals surface area contributed by atoms with Crippen LogP contribution in [0, 0.1) is 3.57 Å². The summed E-state index contributed by atoms with van der Waals surface area (Å²) in [5.74, 6) is -0.140. The molecule has 0 bridgehead atoms. The molecule has 25 heavy (non-hydrogen) atoms. The van der Waals surface area contributed by atoms with Crippen molar-refractivity contribution in [3.8, 4) is 11.5 Å². The van der Waals surface area contributed by atoms with E-state index in [0.717, 1.165) is 9.26 Å². The topological polar surface area (TPSA) is 83.0 Å². The third-order valence-electron chi connectivity index (χ3n) is 3.05. The number of benzene rings is 2. The predicted octanol–water partition coefficient (Wildman–Crippen LogP) is 3.61. The van der Waals surface area contributed by atoms with Crippen molar-refractivity contribution in [2.24, 2.45) is 5.10 Å². The van der Waals surface area contributed by atoms with Crippen LogP contribution < -0.4 is 15.5 Å². The molecule has 6 nitrogen and oxygen atoms in total. The Morgan fingerprint density at radius 1 is 1.36 bits per heavy atom. The Morgan fingerprint density at radius 3 is 2.76 bits per heavy atom. The fraction of sp³-hybridized carbons (Fsp3) is 0.176. The summed E-state index contributed by atoms with van der Waals surface area (Å²) in [6.07, 6.45) is 1.43. The van der Waals surface area contributed by atoms with E-state index in [1.807, 2.05) is 24.3 Å². The maximum absolute atomic E-state index is 11.8. The number of carbonyl (C=O) groups excluding carboxylic acids is 1. The minimum atomic E-state index is -0.287. The number of anilines is 1. The Morgan fingerprint density at radius 2 is 2.08 bits per heavy atom. The van der Waals surface area contributed by atoms with E-state index in [-0.39, 0.29) is 29.0 Å². The van der Waals surface area contributed by atoms with Crippen molar-refractivity contribution in [1.82, 2.24) is 5.43 Å². The number of hydrogen-bond acceptors (Lipinski definition) is 5. The molecule has 132 valence electrons. The zero-order chi connectivity index (χ0) is 18.2. The van der Waals surface area contributed by atoms with Crippen molar-refractivity contribution in [3.05, 3.63) is 50.6 Å². The second-order valence-corrected chi connectivity index (χ2v) is 6.59. The number of rotatable bonds is 7. The summed E-state index contributed by atoms with van der Waals surface area (Å²) in [5, 5.41) is 16.8. The van der Waals surface area contributed by atoms with Crippen LogP contribution in [0.15, 0.2) is 41.5 Å². The first kappa shape index (κ1) is 19.3. The lowest BCUT2D eigenvalue weighted by Gasteiger charge is -2.08. The van der Waals surface area contributed by atoms with E-state index < -0.39 is 0 Å². The molecule has 0 atom stereocenters. The lowest BCUT2D eigenvalue weighted by atomic mass is 10.2. The molecule has 0 aromatic heterocycles. The van der Waals surface area contributed by atoms with Gasteiger partial charge in [0.1, 0.15) is 0 Å². The Labute approximate surface area is 164 Å². The van der Waals surface area contributed by atoms with Crippen LogP contribution in [0.25, 0.3) is 0 Å². The quantitative estimate of drug-likeness (QED) is 0.326. The van der Waals surface area contributed by atoms with Gasteiger partial charge in [-0.1, -0.05) is 11.6 Å². The third kappa shape index (κ3) is 6.09. The van der Waals surface area contributed by atoms with Crippen LogP contribution in [-0.2, 0) is 4.79 Å². The average Bonchev–Trinajstić information content (AvgIpc) is 2.59. The van der Waals surface area contributed by atoms with Gasteiger partial charge in [-0.3, -0.25) is 4.79 Å². The van der Waals surface area contributed by atoms with Gasteiger partial charge in [0, 0.05) is 9.26 Å². The number of nitrogens with zero attached hydrogens (tertiary/aromatic N) is 1. The molecule has 2 aromatic rings. The zero-order valence-corrected chi connectivity index (χ0v) is 16.3. The molecule has 1 amide bonds. The molecule has 0 aliphatic rings. The number of ether oxygens (including phenoxy) is 1. The average molecular weight is 474 g/mol. The Hall–Kier alpha value is -2.00. The van der Waals surface area contributed by atoms with Crippen LogP contribution >= 0.6 is 34.2 Å². The highest BCUT2D eigenvalue weighted by Gasteiger charge is 2.08. The number of amides is 1. The zero-order valence-electron chi connectivity index (χ0n) is 13.4. The van der Waals surface area contributed by atoms with Crippen LogP contribution in [0.4, 0.5) is 5.69 Å². The Bertz CT molecular complexity index is 766. The van der Waals surface area contributed by atoms with E-state index in [1.165, 1.54) is 12.3 Å². The van der Waals surface area contributed by atoms with Gasteiger partial charge in [-0.05, 0) is 71.5 Å². The van der Waals surface area contributed by atoms with E-state index in [2.05, 4.69) is 38.4 Å². The summed E-state index contributed by atoms with van der Waals surface area (Å²) in [6.45, 7) is 2.29. The van der Waals surface area contributed by atoms with E-state index >= 15 is 0 Å². The standard InChI is InChI=1S/C17H17ClIN3O3/c1-2-25-15-8-11(7-14(18)17(15)24)9-21-22-16(23)10-20-13-5-3-12(19)4-6-13/h3-9,20,24H,2,10H2,1H3,(H,22,23)/b21-9-. The number of hydrazone groups is 1. The van der Waals surface area contributed by atoms with Crippen molar-refractivity contribution in [2.45, 2.75) is 6.92 Å². The molecule has 3 N–H and O–H groups in total. The first-order chi connectivity index (χ1) is 12.0. The number of phenols is 1. The minimum Gasteiger partial charge on any atom is -0.503 e. The van der Waals surface area contributed by atoms with E-state index in [9.17, 15) is 9.90 Å². The molecule has 0 fully saturated rings. The highest BCUT2D eigenvalue weighted by atomic mass is 127. The van der Waals surface area contributed by atoms with Gasteiger partial charge >= 0.3 is 0 Å². The molecule has 0 spiro atoms. The SMILES string of the molecule is CCOc1cc(/C=N\NC(=O)CNc2ccc(I)cc2)cc(Cl)c1O. The second kappa shape index (κ2) is 9.47. The molecule has 0 saturated heterocycles. The van der Waals surface area contributed by atoms with Crippen LogP contribution in [0.3, 0.4) is 0 Å². The largest absolute Gasteiger partial charge is 0.503 e. The molecular weight excluding hydrogens is 457 g/mol. The third-order valence-corrected chi connectivity index (χ3v) is 4.06. The molecule has 0 radical (unpaired) electrons.